The number of rotatable bonds is 3. The Bertz CT molecular complexity index is 188. The van der Waals surface area contributed by atoms with Gasteiger partial charge in [0.2, 0.25) is 0 Å². The van der Waals surface area contributed by atoms with E-state index in [0.717, 1.165) is 25.9 Å². The molecule has 1 heterocycles. The van der Waals surface area contributed by atoms with Crippen molar-refractivity contribution < 1.29 is 9.53 Å². The standard InChI is InChI=1S/C9H15NO2S/c1-2-12-9(11)8-3-5-10(7-13)6-4-8/h7-8H,2-6H2,1H3. The Morgan fingerprint density at radius 2 is 2.23 bits per heavy atom. The van der Waals surface area contributed by atoms with Crippen LogP contribution in [0.2, 0.25) is 0 Å². The van der Waals surface area contributed by atoms with Crippen molar-refractivity contribution in [3.05, 3.63) is 0 Å². The van der Waals surface area contributed by atoms with Crippen molar-refractivity contribution in [3.63, 3.8) is 0 Å². The Hall–Kier alpha value is -0.640. The molecule has 74 valence electrons. The van der Waals surface area contributed by atoms with E-state index < -0.39 is 0 Å². The topological polar surface area (TPSA) is 29.5 Å². The summed E-state index contributed by atoms with van der Waals surface area (Å²) in [4.78, 5) is 13.4. The lowest BCUT2D eigenvalue weighted by atomic mass is 9.97. The monoisotopic (exact) mass is 201 g/mol. The Balaban J connectivity index is 2.31. The number of piperidine rings is 1. The zero-order chi connectivity index (χ0) is 9.68. The Morgan fingerprint density at radius 1 is 1.62 bits per heavy atom. The number of hydrogen-bond donors (Lipinski definition) is 0. The fraction of sp³-hybridized carbons (Fsp3) is 0.778. The van der Waals surface area contributed by atoms with Gasteiger partial charge in [0, 0.05) is 13.1 Å². The first-order valence-electron chi connectivity index (χ1n) is 4.64. The third-order valence-corrected chi connectivity index (χ3v) is 2.60. The van der Waals surface area contributed by atoms with Crippen molar-refractivity contribution in [2.75, 3.05) is 19.7 Å². The molecule has 0 aromatic carbocycles. The molecule has 0 saturated carbocycles. The molecule has 1 aliphatic rings. The van der Waals surface area contributed by atoms with Crippen LogP contribution in [0.4, 0.5) is 0 Å². The second-order valence-electron chi connectivity index (χ2n) is 3.17. The van der Waals surface area contributed by atoms with Crippen molar-refractivity contribution in [2.24, 2.45) is 5.92 Å². The lowest BCUT2D eigenvalue weighted by molar-refractivity contribution is -0.149. The van der Waals surface area contributed by atoms with Gasteiger partial charge >= 0.3 is 5.97 Å². The predicted molar refractivity (Wildman–Crippen MR) is 54.6 cm³/mol. The predicted octanol–water partition coefficient (Wildman–Crippen LogP) is 1.22. The third-order valence-electron chi connectivity index (χ3n) is 2.30. The van der Waals surface area contributed by atoms with E-state index in [9.17, 15) is 4.79 Å². The highest BCUT2D eigenvalue weighted by Gasteiger charge is 2.24. The van der Waals surface area contributed by atoms with Gasteiger partial charge in [-0.1, -0.05) is 12.2 Å². The normalized spacial score (nSPS) is 18.4. The number of thiocarbonyl (C=S) groups is 1. The average Bonchev–Trinajstić information content (AvgIpc) is 2.18. The van der Waals surface area contributed by atoms with Gasteiger partial charge in [0.1, 0.15) is 0 Å². The second-order valence-corrected chi connectivity index (χ2v) is 3.38. The highest BCUT2D eigenvalue weighted by Crippen LogP contribution is 2.17. The summed E-state index contributed by atoms with van der Waals surface area (Å²) in [7, 11) is 0. The maximum atomic E-state index is 11.3. The maximum Gasteiger partial charge on any atom is 0.309 e. The lowest BCUT2D eigenvalue weighted by Gasteiger charge is -2.28. The van der Waals surface area contributed by atoms with Crippen LogP contribution >= 0.6 is 12.2 Å². The third kappa shape index (κ3) is 2.95. The maximum absolute atomic E-state index is 11.3. The lowest BCUT2D eigenvalue weighted by Crippen LogP contribution is -2.35. The van der Waals surface area contributed by atoms with Crippen LogP contribution in [0.25, 0.3) is 0 Å². The van der Waals surface area contributed by atoms with E-state index in [2.05, 4.69) is 4.90 Å². The van der Waals surface area contributed by atoms with Gasteiger partial charge in [-0.15, -0.1) is 0 Å². The molecule has 0 amide bonds. The summed E-state index contributed by atoms with van der Waals surface area (Å²) >= 11 is 4.81. The van der Waals surface area contributed by atoms with Gasteiger partial charge in [0.25, 0.3) is 0 Å². The van der Waals surface area contributed by atoms with Crippen LogP contribution in [0.5, 0.6) is 0 Å². The van der Waals surface area contributed by atoms with Crippen LogP contribution in [-0.2, 0) is 9.53 Å². The van der Waals surface area contributed by atoms with Crippen molar-refractivity contribution in [3.8, 4) is 0 Å². The van der Waals surface area contributed by atoms with Crippen LogP contribution in [0.3, 0.4) is 0 Å². The molecule has 0 aromatic rings. The molecular weight excluding hydrogens is 186 g/mol. The quantitative estimate of drug-likeness (QED) is 0.507. The van der Waals surface area contributed by atoms with Gasteiger partial charge in [0.05, 0.1) is 18.0 Å². The molecule has 0 aromatic heterocycles. The fourth-order valence-corrected chi connectivity index (χ4v) is 1.71. The summed E-state index contributed by atoms with van der Waals surface area (Å²) < 4.78 is 4.96. The number of carbonyl (C=O) groups is 1. The summed E-state index contributed by atoms with van der Waals surface area (Å²) in [5.41, 5.74) is 1.67. The smallest absolute Gasteiger partial charge is 0.309 e. The van der Waals surface area contributed by atoms with Gasteiger partial charge in [-0.05, 0) is 19.8 Å². The Morgan fingerprint density at radius 3 is 2.69 bits per heavy atom. The first-order valence-corrected chi connectivity index (χ1v) is 5.11. The molecule has 1 fully saturated rings. The van der Waals surface area contributed by atoms with E-state index in [0.29, 0.717) is 6.61 Å². The molecule has 1 rings (SSSR count). The van der Waals surface area contributed by atoms with E-state index in [1.165, 1.54) is 0 Å². The molecule has 0 aliphatic carbocycles. The summed E-state index contributed by atoms with van der Waals surface area (Å²) in [6.07, 6.45) is 1.73. The largest absolute Gasteiger partial charge is 0.466 e. The number of nitrogens with zero attached hydrogens (tertiary/aromatic N) is 1. The number of hydrogen-bond acceptors (Lipinski definition) is 3. The molecule has 0 N–H and O–H groups in total. The molecule has 1 saturated heterocycles. The average molecular weight is 201 g/mol. The summed E-state index contributed by atoms with van der Waals surface area (Å²) in [6.45, 7) is 4.08. The van der Waals surface area contributed by atoms with Gasteiger partial charge in [-0.25, -0.2) is 0 Å². The minimum absolute atomic E-state index is 0.0495. The highest BCUT2D eigenvalue weighted by molar-refractivity contribution is 7.78. The number of esters is 1. The molecule has 4 heteroatoms. The number of carbonyl (C=O) groups excluding carboxylic acids is 1. The molecule has 1 aliphatic heterocycles. The minimum Gasteiger partial charge on any atom is -0.466 e. The van der Waals surface area contributed by atoms with Crippen LogP contribution < -0.4 is 0 Å². The van der Waals surface area contributed by atoms with Gasteiger partial charge in [0.15, 0.2) is 0 Å². The van der Waals surface area contributed by atoms with E-state index in [-0.39, 0.29) is 11.9 Å². The molecule has 0 atom stereocenters. The first-order chi connectivity index (χ1) is 6.27. The summed E-state index contributed by atoms with van der Waals surface area (Å²) in [5, 5.41) is 0. The molecule has 13 heavy (non-hydrogen) atoms. The Labute approximate surface area is 84.0 Å². The van der Waals surface area contributed by atoms with Crippen molar-refractivity contribution in [1.29, 1.82) is 0 Å². The van der Waals surface area contributed by atoms with Gasteiger partial charge < -0.3 is 9.64 Å². The SMILES string of the molecule is CCOC(=O)C1CCN(C=S)CC1. The van der Waals surface area contributed by atoms with Crippen molar-refractivity contribution >= 4 is 23.7 Å². The van der Waals surface area contributed by atoms with Crippen LogP contribution in [0.15, 0.2) is 0 Å². The van der Waals surface area contributed by atoms with Crippen LogP contribution in [0.1, 0.15) is 19.8 Å². The zero-order valence-electron chi connectivity index (χ0n) is 7.86. The second kappa shape index (κ2) is 5.17. The summed E-state index contributed by atoms with van der Waals surface area (Å²) in [5.74, 6) is 0.0395. The summed E-state index contributed by atoms with van der Waals surface area (Å²) in [6, 6.07) is 0. The van der Waals surface area contributed by atoms with E-state index in [4.69, 9.17) is 17.0 Å². The zero-order valence-corrected chi connectivity index (χ0v) is 8.68. The van der Waals surface area contributed by atoms with Crippen molar-refractivity contribution in [2.45, 2.75) is 19.8 Å². The number of likely N-dealkylation sites (tertiary alicyclic amines) is 1. The van der Waals surface area contributed by atoms with Gasteiger partial charge in [-0.3, -0.25) is 4.79 Å². The molecule has 0 bridgehead atoms. The minimum atomic E-state index is -0.0495. The van der Waals surface area contributed by atoms with Crippen LogP contribution in [0, 0.1) is 5.92 Å². The molecule has 0 unspecified atom stereocenters. The number of ether oxygens (including phenoxy) is 1. The Kier molecular flexibility index (Phi) is 4.15. The molecule has 0 spiro atoms. The highest BCUT2D eigenvalue weighted by atomic mass is 32.1. The molecule has 3 nitrogen and oxygen atoms in total. The van der Waals surface area contributed by atoms with Crippen LogP contribution in [-0.4, -0.2) is 36.1 Å². The molecular formula is C9H15NO2S. The van der Waals surface area contributed by atoms with E-state index in [1.54, 1.807) is 5.49 Å². The van der Waals surface area contributed by atoms with Crippen molar-refractivity contribution in [1.82, 2.24) is 4.90 Å². The van der Waals surface area contributed by atoms with Gasteiger partial charge in [-0.2, -0.15) is 0 Å². The van der Waals surface area contributed by atoms with E-state index in [1.807, 2.05) is 6.92 Å². The molecule has 0 radical (unpaired) electrons. The van der Waals surface area contributed by atoms with E-state index >= 15 is 0 Å². The first kappa shape index (κ1) is 10.4. The fourth-order valence-electron chi connectivity index (χ4n) is 1.50.